The van der Waals surface area contributed by atoms with E-state index in [2.05, 4.69) is 10.1 Å². The van der Waals surface area contributed by atoms with Crippen LogP contribution in [0.2, 0.25) is 0 Å². The van der Waals surface area contributed by atoms with Crippen LogP contribution in [0.1, 0.15) is 26.2 Å². The molecule has 0 saturated heterocycles. The van der Waals surface area contributed by atoms with E-state index in [4.69, 9.17) is 0 Å². The first-order chi connectivity index (χ1) is 5.74. The number of carbonyl (C=O) groups excluding carboxylic acids is 1. The zero-order chi connectivity index (χ0) is 8.97. The quantitative estimate of drug-likeness (QED) is 0.640. The number of ether oxygens (including phenoxy) is 1. The van der Waals surface area contributed by atoms with Crippen LogP contribution in [0, 0.1) is 5.92 Å². The van der Waals surface area contributed by atoms with E-state index in [-0.39, 0.29) is 12.0 Å². The highest BCUT2D eigenvalue weighted by molar-refractivity contribution is 5.75. The minimum absolute atomic E-state index is 0.157. The maximum atomic E-state index is 10.9. The number of methoxy groups -OCH3 is 1. The van der Waals surface area contributed by atoms with Gasteiger partial charge in [0.05, 0.1) is 7.11 Å². The van der Waals surface area contributed by atoms with Gasteiger partial charge in [-0.3, -0.25) is 4.79 Å². The molecule has 0 aromatic rings. The summed E-state index contributed by atoms with van der Waals surface area (Å²) in [5.74, 6) is 0.617. The zero-order valence-corrected chi connectivity index (χ0v) is 7.80. The first-order valence-corrected chi connectivity index (χ1v) is 4.55. The van der Waals surface area contributed by atoms with Crippen molar-refractivity contribution >= 4 is 5.97 Å². The van der Waals surface area contributed by atoms with Crippen LogP contribution in [0.5, 0.6) is 0 Å². The van der Waals surface area contributed by atoms with Crippen molar-refractivity contribution in [1.82, 2.24) is 5.32 Å². The minimum Gasteiger partial charge on any atom is -0.468 e. The van der Waals surface area contributed by atoms with Crippen LogP contribution in [0.15, 0.2) is 0 Å². The molecule has 0 amide bonds. The Hall–Kier alpha value is -0.570. The molecule has 1 atom stereocenters. The molecule has 12 heavy (non-hydrogen) atoms. The molecular formula is C9H17NO2. The van der Waals surface area contributed by atoms with E-state index < -0.39 is 0 Å². The van der Waals surface area contributed by atoms with Crippen LogP contribution in [0.3, 0.4) is 0 Å². The van der Waals surface area contributed by atoms with Gasteiger partial charge >= 0.3 is 5.97 Å². The summed E-state index contributed by atoms with van der Waals surface area (Å²) in [6.45, 7) is 2.79. The van der Waals surface area contributed by atoms with Gasteiger partial charge in [-0.05, 0) is 32.2 Å². The topological polar surface area (TPSA) is 38.3 Å². The highest BCUT2D eigenvalue weighted by Gasteiger charge is 2.19. The summed E-state index contributed by atoms with van der Waals surface area (Å²) in [6.07, 6.45) is 3.96. The summed E-state index contributed by atoms with van der Waals surface area (Å²) in [5.41, 5.74) is 0. The van der Waals surface area contributed by atoms with Gasteiger partial charge in [0.15, 0.2) is 0 Å². The fourth-order valence-corrected chi connectivity index (χ4v) is 1.30. The van der Waals surface area contributed by atoms with Crippen molar-refractivity contribution in [3.8, 4) is 0 Å². The Morgan fingerprint density at radius 1 is 1.67 bits per heavy atom. The monoisotopic (exact) mass is 171 g/mol. The average Bonchev–Trinajstić information content (AvgIpc) is 2.00. The van der Waals surface area contributed by atoms with Gasteiger partial charge in [0.25, 0.3) is 0 Å². The summed E-state index contributed by atoms with van der Waals surface area (Å²) in [7, 11) is 1.42. The normalized spacial score (nSPS) is 19.8. The Morgan fingerprint density at radius 3 is 2.75 bits per heavy atom. The minimum atomic E-state index is -0.172. The smallest absolute Gasteiger partial charge is 0.322 e. The molecular weight excluding hydrogens is 154 g/mol. The van der Waals surface area contributed by atoms with Crippen LogP contribution >= 0.6 is 0 Å². The third-order valence-electron chi connectivity index (χ3n) is 2.49. The third-order valence-corrected chi connectivity index (χ3v) is 2.49. The Kier molecular flexibility index (Phi) is 3.53. The lowest BCUT2D eigenvalue weighted by Gasteiger charge is -2.26. The molecule has 3 nitrogen and oxygen atoms in total. The van der Waals surface area contributed by atoms with E-state index in [1.807, 2.05) is 6.92 Å². The lowest BCUT2D eigenvalue weighted by Crippen LogP contribution is -2.39. The largest absolute Gasteiger partial charge is 0.468 e. The van der Waals surface area contributed by atoms with Crippen molar-refractivity contribution in [3.05, 3.63) is 0 Å². The molecule has 70 valence electrons. The number of nitrogens with one attached hydrogen (secondary N) is 1. The molecule has 3 heteroatoms. The fourth-order valence-electron chi connectivity index (χ4n) is 1.30. The summed E-state index contributed by atoms with van der Waals surface area (Å²) in [4.78, 5) is 10.9. The molecule has 0 aromatic carbocycles. The van der Waals surface area contributed by atoms with E-state index in [9.17, 15) is 4.79 Å². The van der Waals surface area contributed by atoms with Crippen molar-refractivity contribution in [2.24, 2.45) is 5.92 Å². The van der Waals surface area contributed by atoms with Crippen LogP contribution in [-0.4, -0.2) is 25.7 Å². The molecule has 1 fully saturated rings. The van der Waals surface area contributed by atoms with Crippen molar-refractivity contribution in [1.29, 1.82) is 0 Å². The Bertz CT molecular complexity index is 155. The number of carbonyl (C=O) groups is 1. The number of rotatable bonds is 4. The molecule has 0 bridgehead atoms. The van der Waals surface area contributed by atoms with Gasteiger partial charge in [0.2, 0.25) is 0 Å². The zero-order valence-electron chi connectivity index (χ0n) is 7.80. The van der Waals surface area contributed by atoms with Crippen LogP contribution in [-0.2, 0) is 9.53 Å². The molecule has 0 aromatic heterocycles. The van der Waals surface area contributed by atoms with Gasteiger partial charge in [0.1, 0.15) is 6.04 Å². The second-order valence-corrected chi connectivity index (χ2v) is 3.45. The Labute approximate surface area is 73.5 Å². The Morgan fingerprint density at radius 2 is 2.33 bits per heavy atom. The van der Waals surface area contributed by atoms with E-state index in [0.717, 1.165) is 12.5 Å². The molecule has 1 unspecified atom stereocenters. The summed E-state index contributed by atoms with van der Waals surface area (Å²) >= 11 is 0. The van der Waals surface area contributed by atoms with Crippen molar-refractivity contribution < 1.29 is 9.53 Å². The van der Waals surface area contributed by atoms with Crippen molar-refractivity contribution in [2.75, 3.05) is 13.7 Å². The molecule has 1 N–H and O–H groups in total. The van der Waals surface area contributed by atoms with E-state index in [1.165, 1.54) is 26.4 Å². The molecule has 0 radical (unpaired) electrons. The van der Waals surface area contributed by atoms with Crippen LogP contribution < -0.4 is 5.32 Å². The van der Waals surface area contributed by atoms with E-state index in [0.29, 0.717) is 0 Å². The van der Waals surface area contributed by atoms with Gasteiger partial charge in [-0.15, -0.1) is 0 Å². The SMILES string of the molecule is COC(=O)C(C)NCC1CCC1. The molecule has 1 rings (SSSR count). The summed E-state index contributed by atoms with van der Waals surface area (Å²) in [5, 5.41) is 3.16. The molecule has 0 heterocycles. The highest BCUT2D eigenvalue weighted by Crippen LogP contribution is 2.25. The number of hydrogen-bond donors (Lipinski definition) is 1. The van der Waals surface area contributed by atoms with E-state index in [1.54, 1.807) is 0 Å². The van der Waals surface area contributed by atoms with Gasteiger partial charge in [-0.25, -0.2) is 0 Å². The predicted octanol–water partition coefficient (Wildman–Crippen LogP) is 0.938. The van der Waals surface area contributed by atoms with Crippen LogP contribution in [0.25, 0.3) is 0 Å². The molecule has 1 saturated carbocycles. The standard InChI is InChI=1S/C9H17NO2/c1-7(9(11)12-2)10-6-8-4-3-5-8/h7-8,10H,3-6H2,1-2H3. The number of esters is 1. The second kappa shape index (κ2) is 4.45. The highest BCUT2D eigenvalue weighted by atomic mass is 16.5. The lowest BCUT2D eigenvalue weighted by molar-refractivity contribution is -0.142. The molecule has 1 aliphatic rings. The maximum Gasteiger partial charge on any atom is 0.322 e. The fraction of sp³-hybridized carbons (Fsp3) is 0.889. The lowest BCUT2D eigenvalue weighted by atomic mass is 9.85. The first-order valence-electron chi connectivity index (χ1n) is 4.55. The van der Waals surface area contributed by atoms with Crippen LogP contribution in [0.4, 0.5) is 0 Å². The summed E-state index contributed by atoms with van der Waals surface area (Å²) in [6, 6.07) is -0.157. The third kappa shape index (κ3) is 2.48. The van der Waals surface area contributed by atoms with Gasteiger partial charge < -0.3 is 10.1 Å². The first kappa shape index (κ1) is 9.52. The maximum absolute atomic E-state index is 10.9. The van der Waals surface area contributed by atoms with Crippen molar-refractivity contribution in [3.63, 3.8) is 0 Å². The molecule has 0 spiro atoms. The van der Waals surface area contributed by atoms with Gasteiger partial charge in [-0.2, -0.15) is 0 Å². The molecule has 1 aliphatic carbocycles. The van der Waals surface area contributed by atoms with E-state index >= 15 is 0 Å². The van der Waals surface area contributed by atoms with Gasteiger partial charge in [-0.1, -0.05) is 6.42 Å². The molecule has 0 aliphatic heterocycles. The van der Waals surface area contributed by atoms with Gasteiger partial charge in [0, 0.05) is 0 Å². The summed E-state index contributed by atoms with van der Waals surface area (Å²) < 4.78 is 4.59. The predicted molar refractivity (Wildman–Crippen MR) is 46.8 cm³/mol. The number of hydrogen-bond acceptors (Lipinski definition) is 3. The average molecular weight is 171 g/mol. The second-order valence-electron chi connectivity index (χ2n) is 3.45. The Balaban J connectivity index is 2.08. The van der Waals surface area contributed by atoms with Crippen molar-refractivity contribution in [2.45, 2.75) is 32.2 Å².